The Morgan fingerprint density at radius 2 is 2.17 bits per heavy atom. The molecule has 3 aromatic rings. The second-order valence-electron chi connectivity index (χ2n) is 3.89. The largest absolute Gasteiger partial charge is 0.364 e. The number of carbonyl (C=O) groups excluding carboxylic acids is 1. The summed E-state index contributed by atoms with van der Waals surface area (Å²) in [7, 11) is 0. The molecule has 1 aromatic carbocycles. The molecule has 0 unspecified atom stereocenters. The van der Waals surface area contributed by atoms with Crippen molar-refractivity contribution in [2.45, 2.75) is 6.54 Å². The summed E-state index contributed by atoms with van der Waals surface area (Å²) in [5, 5.41) is 8.98. The zero-order valence-corrected chi connectivity index (χ0v) is 9.41. The standard InChI is InChI=1S/C12H10N4O2/c13-12(17)9-5-6-16(14-9)7-10-8-3-1-2-4-11(8)18-15-10/h1-6H,7H2,(H2,13,17). The Balaban J connectivity index is 1.93. The summed E-state index contributed by atoms with van der Waals surface area (Å²) in [5.74, 6) is -0.543. The van der Waals surface area contributed by atoms with Crippen molar-refractivity contribution in [1.82, 2.24) is 14.9 Å². The van der Waals surface area contributed by atoms with Gasteiger partial charge in [-0.2, -0.15) is 5.10 Å². The number of amides is 1. The lowest BCUT2D eigenvalue weighted by Gasteiger charge is -1.97. The molecule has 18 heavy (non-hydrogen) atoms. The molecule has 6 heteroatoms. The van der Waals surface area contributed by atoms with Crippen LogP contribution in [0.4, 0.5) is 0 Å². The van der Waals surface area contributed by atoms with Crippen molar-refractivity contribution in [2.24, 2.45) is 5.73 Å². The third kappa shape index (κ3) is 1.73. The van der Waals surface area contributed by atoms with Gasteiger partial charge >= 0.3 is 0 Å². The minimum atomic E-state index is -0.543. The van der Waals surface area contributed by atoms with Crippen molar-refractivity contribution in [3.63, 3.8) is 0 Å². The maximum atomic E-state index is 10.9. The van der Waals surface area contributed by atoms with Gasteiger partial charge in [0.25, 0.3) is 5.91 Å². The Hall–Kier alpha value is -2.63. The molecule has 0 fully saturated rings. The highest BCUT2D eigenvalue weighted by Gasteiger charge is 2.10. The van der Waals surface area contributed by atoms with Gasteiger partial charge in [-0.05, 0) is 18.2 Å². The number of fused-ring (bicyclic) bond motifs is 1. The molecule has 90 valence electrons. The van der Waals surface area contributed by atoms with E-state index in [9.17, 15) is 4.79 Å². The average molecular weight is 242 g/mol. The molecule has 0 aliphatic rings. The van der Waals surface area contributed by atoms with Crippen LogP contribution in [-0.2, 0) is 6.54 Å². The zero-order valence-electron chi connectivity index (χ0n) is 9.41. The van der Waals surface area contributed by atoms with Gasteiger partial charge in [0.2, 0.25) is 0 Å². The predicted octanol–water partition coefficient (Wildman–Crippen LogP) is 1.17. The number of para-hydroxylation sites is 1. The summed E-state index contributed by atoms with van der Waals surface area (Å²) in [6.45, 7) is 0.435. The summed E-state index contributed by atoms with van der Waals surface area (Å²) in [6, 6.07) is 9.16. The molecule has 0 saturated carbocycles. The number of primary amides is 1. The van der Waals surface area contributed by atoms with E-state index in [2.05, 4.69) is 10.3 Å². The van der Waals surface area contributed by atoms with Crippen LogP contribution in [0.2, 0.25) is 0 Å². The Kier molecular flexibility index (Phi) is 2.33. The highest BCUT2D eigenvalue weighted by atomic mass is 16.5. The van der Waals surface area contributed by atoms with E-state index in [-0.39, 0.29) is 5.69 Å². The lowest BCUT2D eigenvalue weighted by atomic mass is 10.2. The van der Waals surface area contributed by atoms with Crippen molar-refractivity contribution < 1.29 is 9.32 Å². The maximum Gasteiger partial charge on any atom is 0.269 e. The van der Waals surface area contributed by atoms with E-state index < -0.39 is 5.91 Å². The van der Waals surface area contributed by atoms with Gasteiger partial charge in [-0.15, -0.1) is 0 Å². The molecular weight excluding hydrogens is 232 g/mol. The summed E-state index contributed by atoms with van der Waals surface area (Å²) < 4.78 is 6.79. The van der Waals surface area contributed by atoms with Gasteiger partial charge in [-0.3, -0.25) is 9.48 Å². The predicted molar refractivity (Wildman–Crippen MR) is 63.9 cm³/mol. The van der Waals surface area contributed by atoms with Crippen LogP contribution in [0.3, 0.4) is 0 Å². The van der Waals surface area contributed by atoms with Crippen LogP contribution in [0.25, 0.3) is 11.0 Å². The zero-order chi connectivity index (χ0) is 12.5. The first-order chi connectivity index (χ1) is 8.74. The van der Waals surface area contributed by atoms with Gasteiger partial charge in [-0.1, -0.05) is 17.3 Å². The fourth-order valence-corrected chi connectivity index (χ4v) is 1.79. The van der Waals surface area contributed by atoms with Crippen LogP contribution in [0.1, 0.15) is 16.2 Å². The normalized spacial score (nSPS) is 10.9. The minimum absolute atomic E-state index is 0.239. The smallest absolute Gasteiger partial charge is 0.269 e. The number of aromatic nitrogens is 3. The van der Waals surface area contributed by atoms with E-state index in [1.807, 2.05) is 24.3 Å². The molecule has 2 heterocycles. The van der Waals surface area contributed by atoms with E-state index in [1.54, 1.807) is 16.9 Å². The fraction of sp³-hybridized carbons (Fsp3) is 0.0833. The van der Waals surface area contributed by atoms with Crippen molar-refractivity contribution >= 4 is 16.9 Å². The lowest BCUT2D eigenvalue weighted by molar-refractivity contribution is 0.0995. The Morgan fingerprint density at radius 1 is 1.33 bits per heavy atom. The number of carbonyl (C=O) groups is 1. The van der Waals surface area contributed by atoms with Crippen LogP contribution < -0.4 is 5.73 Å². The topological polar surface area (TPSA) is 86.9 Å². The first kappa shape index (κ1) is 10.5. The molecule has 3 rings (SSSR count). The van der Waals surface area contributed by atoms with Gasteiger partial charge in [0.1, 0.15) is 11.4 Å². The number of hydrogen-bond donors (Lipinski definition) is 1. The molecule has 0 saturated heterocycles. The van der Waals surface area contributed by atoms with Gasteiger partial charge in [0, 0.05) is 11.6 Å². The third-order valence-corrected chi connectivity index (χ3v) is 2.66. The van der Waals surface area contributed by atoms with Crippen LogP contribution in [-0.4, -0.2) is 20.8 Å². The molecular formula is C12H10N4O2. The third-order valence-electron chi connectivity index (χ3n) is 2.66. The highest BCUT2D eigenvalue weighted by Crippen LogP contribution is 2.18. The quantitative estimate of drug-likeness (QED) is 0.746. The molecule has 0 aliphatic carbocycles. The van der Waals surface area contributed by atoms with Crippen LogP contribution >= 0.6 is 0 Å². The maximum absolute atomic E-state index is 10.9. The van der Waals surface area contributed by atoms with Crippen molar-refractivity contribution in [2.75, 3.05) is 0 Å². The molecule has 0 radical (unpaired) electrons. The fourth-order valence-electron chi connectivity index (χ4n) is 1.79. The van der Waals surface area contributed by atoms with Crippen molar-refractivity contribution in [3.05, 3.63) is 47.9 Å². The van der Waals surface area contributed by atoms with Gasteiger partial charge in [0.05, 0.1) is 6.54 Å². The van der Waals surface area contributed by atoms with E-state index in [0.717, 1.165) is 16.7 Å². The Morgan fingerprint density at radius 3 is 2.94 bits per heavy atom. The van der Waals surface area contributed by atoms with Gasteiger partial charge in [0.15, 0.2) is 5.58 Å². The van der Waals surface area contributed by atoms with Gasteiger partial charge < -0.3 is 10.3 Å². The summed E-state index contributed by atoms with van der Waals surface area (Å²) in [6.07, 6.45) is 1.68. The van der Waals surface area contributed by atoms with Gasteiger partial charge in [-0.25, -0.2) is 0 Å². The van der Waals surface area contributed by atoms with Crippen molar-refractivity contribution in [3.8, 4) is 0 Å². The molecule has 2 aromatic heterocycles. The number of hydrogen-bond acceptors (Lipinski definition) is 4. The number of nitrogens with zero attached hydrogens (tertiary/aromatic N) is 3. The SMILES string of the molecule is NC(=O)c1ccn(Cc2noc3ccccc23)n1. The van der Waals surface area contributed by atoms with E-state index in [4.69, 9.17) is 10.3 Å². The van der Waals surface area contributed by atoms with Crippen molar-refractivity contribution in [1.29, 1.82) is 0 Å². The molecule has 0 atom stereocenters. The molecule has 2 N–H and O–H groups in total. The summed E-state index contributed by atoms with van der Waals surface area (Å²) in [4.78, 5) is 10.9. The van der Waals surface area contributed by atoms with E-state index in [1.165, 1.54) is 0 Å². The number of benzene rings is 1. The summed E-state index contributed by atoms with van der Waals surface area (Å²) >= 11 is 0. The monoisotopic (exact) mass is 242 g/mol. The molecule has 0 bridgehead atoms. The van der Waals surface area contributed by atoms with E-state index >= 15 is 0 Å². The lowest BCUT2D eigenvalue weighted by Crippen LogP contribution is -2.12. The Bertz CT molecular complexity index is 714. The Labute approximate surface area is 102 Å². The number of rotatable bonds is 3. The van der Waals surface area contributed by atoms with Crippen LogP contribution in [0, 0.1) is 0 Å². The minimum Gasteiger partial charge on any atom is -0.364 e. The highest BCUT2D eigenvalue weighted by molar-refractivity contribution is 5.90. The number of nitrogens with two attached hydrogens (primary N) is 1. The molecule has 6 nitrogen and oxygen atoms in total. The second kappa shape index (κ2) is 3.99. The first-order valence-electron chi connectivity index (χ1n) is 5.40. The van der Waals surface area contributed by atoms with Crippen LogP contribution in [0.15, 0.2) is 41.1 Å². The second-order valence-corrected chi connectivity index (χ2v) is 3.89. The molecule has 1 amide bonds. The first-order valence-corrected chi connectivity index (χ1v) is 5.40. The molecule has 0 spiro atoms. The van der Waals surface area contributed by atoms with Crippen LogP contribution in [0.5, 0.6) is 0 Å². The summed E-state index contributed by atoms with van der Waals surface area (Å²) in [5.41, 5.74) is 6.88. The van der Waals surface area contributed by atoms with E-state index in [0.29, 0.717) is 6.54 Å². The average Bonchev–Trinajstić information content (AvgIpc) is 2.98. The molecule has 0 aliphatic heterocycles.